The van der Waals surface area contributed by atoms with Crippen LogP contribution in [0.2, 0.25) is 0 Å². The zero-order valence-corrected chi connectivity index (χ0v) is 10.6. The van der Waals surface area contributed by atoms with Gasteiger partial charge in [0.05, 0.1) is 11.7 Å². The Kier molecular flexibility index (Phi) is 4.00. The number of furan rings is 1. The van der Waals surface area contributed by atoms with Crippen LogP contribution in [0.5, 0.6) is 0 Å². The van der Waals surface area contributed by atoms with Crippen molar-refractivity contribution in [3.05, 3.63) is 23.2 Å². The Hall–Kier alpha value is -1.09. The summed E-state index contributed by atoms with van der Waals surface area (Å²) in [6.45, 7) is 4.56. The van der Waals surface area contributed by atoms with Crippen molar-refractivity contribution in [3.63, 3.8) is 0 Å². The highest BCUT2D eigenvalue weighted by Gasteiger charge is 2.18. The lowest BCUT2D eigenvalue weighted by Gasteiger charge is -2.21. The fourth-order valence-electron chi connectivity index (χ4n) is 2.37. The molecule has 1 aromatic heterocycles. The molecule has 1 unspecified atom stereocenters. The Morgan fingerprint density at radius 2 is 2.24 bits per heavy atom. The van der Waals surface area contributed by atoms with Crippen molar-refractivity contribution < 1.29 is 13.9 Å². The monoisotopic (exact) mass is 236 g/mol. The van der Waals surface area contributed by atoms with Gasteiger partial charge in [-0.25, -0.2) is 0 Å². The van der Waals surface area contributed by atoms with Gasteiger partial charge in [-0.05, 0) is 45.6 Å². The van der Waals surface area contributed by atoms with Crippen LogP contribution in [-0.2, 0) is 4.74 Å². The average molecular weight is 236 g/mol. The molecule has 0 saturated carbocycles. The summed E-state index contributed by atoms with van der Waals surface area (Å²) < 4.78 is 11.0. The number of carbonyl (C=O) groups is 1. The molecule has 1 aromatic rings. The summed E-state index contributed by atoms with van der Waals surface area (Å²) in [6, 6.07) is 1.83. The molecule has 1 fully saturated rings. The van der Waals surface area contributed by atoms with Crippen LogP contribution in [-0.4, -0.2) is 18.5 Å². The summed E-state index contributed by atoms with van der Waals surface area (Å²) in [5, 5.41) is 0. The maximum absolute atomic E-state index is 12.0. The van der Waals surface area contributed by atoms with Crippen LogP contribution in [0.3, 0.4) is 0 Å². The maximum atomic E-state index is 12.0. The molecule has 2 heterocycles. The van der Waals surface area contributed by atoms with Gasteiger partial charge in [-0.2, -0.15) is 0 Å². The smallest absolute Gasteiger partial charge is 0.166 e. The highest BCUT2D eigenvalue weighted by atomic mass is 16.5. The molecule has 1 atom stereocenters. The molecule has 0 N–H and O–H groups in total. The molecule has 3 heteroatoms. The van der Waals surface area contributed by atoms with Gasteiger partial charge in [0.1, 0.15) is 11.5 Å². The fourth-order valence-corrected chi connectivity index (χ4v) is 2.37. The van der Waals surface area contributed by atoms with Gasteiger partial charge in [0, 0.05) is 13.0 Å². The largest absolute Gasteiger partial charge is 0.466 e. The molecule has 0 bridgehead atoms. The van der Waals surface area contributed by atoms with E-state index < -0.39 is 0 Å². The van der Waals surface area contributed by atoms with Gasteiger partial charge in [0.2, 0.25) is 0 Å². The number of hydrogen-bond acceptors (Lipinski definition) is 3. The molecule has 0 spiro atoms. The van der Waals surface area contributed by atoms with Crippen LogP contribution >= 0.6 is 0 Å². The fraction of sp³-hybridized carbons (Fsp3) is 0.643. The second-order valence-electron chi connectivity index (χ2n) is 4.78. The Balaban J connectivity index is 1.86. The van der Waals surface area contributed by atoms with Crippen LogP contribution in [0.1, 0.15) is 54.0 Å². The summed E-state index contributed by atoms with van der Waals surface area (Å²) >= 11 is 0. The Morgan fingerprint density at radius 3 is 2.82 bits per heavy atom. The minimum Gasteiger partial charge on any atom is -0.466 e. The third kappa shape index (κ3) is 3.19. The number of Topliss-reactive ketones (excluding diaryl/α,β-unsaturated/α-hetero) is 1. The van der Waals surface area contributed by atoms with Crippen molar-refractivity contribution in [3.8, 4) is 0 Å². The van der Waals surface area contributed by atoms with Crippen LogP contribution in [0.4, 0.5) is 0 Å². The van der Waals surface area contributed by atoms with Gasteiger partial charge in [0.15, 0.2) is 5.78 Å². The van der Waals surface area contributed by atoms with Gasteiger partial charge < -0.3 is 9.15 Å². The third-order valence-corrected chi connectivity index (χ3v) is 3.31. The van der Waals surface area contributed by atoms with Crippen LogP contribution in [0.15, 0.2) is 10.5 Å². The highest BCUT2D eigenvalue weighted by molar-refractivity contribution is 5.97. The number of hydrogen-bond donors (Lipinski definition) is 0. The molecule has 17 heavy (non-hydrogen) atoms. The topological polar surface area (TPSA) is 39.4 Å². The van der Waals surface area contributed by atoms with E-state index in [1.807, 2.05) is 19.9 Å². The molecular weight excluding hydrogens is 216 g/mol. The van der Waals surface area contributed by atoms with Crippen molar-refractivity contribution in [1.82, 2.24) is 0 Å². The Bertz CT molecular complexity index is 386. The first-order chi connectivity index (χ1) is 8.16. The van der Waals surface area contributed by atoms with E-state index in [-0.39, 0.29) is 11.9 Å². The SMILES string of the molecule is Cc1cc(C(=O)CCC2CCCCO2)c(C)o1. The van der Waals surface area contributed by atoms with Crippen molar-refractivity contribution in [2.75, 3.05) is 6.61 Å². The number of carbonyl (C=O) groups excluding carboxylic acids is 1. The quantitative estimate of drug-likeness (QED) is 0.752. The molecule has 0 aromatic carbocycles. The van der Waals surface area contributed by atoms with Crippen LogP contribution in [0.25, 0.3) is 0 Å². The standard InChI is InChI=1S/C14H20O3/c1-10-9-13(11(2)17-10)14(15)7-6-12-5-3-4-8-16-12/h9,12H,3-8H2,1-2H3. The zero-order chi connectivity index (χ0) is 12.3. The predicted octanol–water partition coefficient (Wildman–Crippen LogP) is 3.43. The third-order valence-electron chi connectivity index (χ3n) is 3.31. The summed E-state index contributed by atoms with van der Waals surface area (Å²) in [4.78, 5) is 12.0. The van der Waals surface area contributed by atoms with Gasteiger partial charge in [-0.15, -0.1) is 0 Å². The number of aryl methyl sites for hydroxylation is 2. The van der Waals surface area contributed by atoms with E-state index in [9.17, 15) is 4.79 Å². The van der Waals surface area contributed by atoms with E-state index >= 15 is 0 Å². The van der Waals surface area contributed by atoms with Crippen LogP contribution < -0.4 is 0 Å². The molecule has 2 rings (SSSR count). The van der Waals surface area contributed by atoms with E-state index in [2.05, 4.69) is 0 Å². The summed E-state index contributed by atoms with van der Waals surface area (Å²) in [6.07, 6.45) is 5.15. The number of ether oxygens (including phenoxy) is 1. The molecule has 94 valence electrons. The van der Waals surface area contributed by atoms with Gasteiger partial charge in [-0.1, -0.05) is 0 Å². The molecule has 0 amide bonds. The molecule has 1 aliphatic rings. The van der Waals surface area contributed by atoms with E-state index in [1.54, 1.807) is 0 Å². The van der Waals surface area contributed by atoms with E-state index in [0.717, 1.165) is 43.0 Å². The van der Waals surface area contributed by atoms with Crippen molar-refractivity contribution >= 4 is 5.78 Å². The highest BCUT2D eigenvalue weighted by Crippen LogP contribution is 2.20. The number of rotatable bonds is 4. The van der Waals surface area contributed by atoms with Gasteiger partial charge in [0.25, 0.3) is 0 Å². The first kappa shape index (κ1) is 12.4. The minimum atomic E-state index is 0.175. The Morgan fingerprint density at radius 1 is 1.41 bits per heavy atom. The second-order valence-corrected chi connectivity index (χ2v) is 4.78. The molecule has 1 saturated heterocycles. The summed E-state index contributed by atoms with van der Waals surface area (Å²) in [5.41, 5.74) is 0.735. The summed E-state index contributed by atoms with van der Waals surface area (Å²) in [7, 11) is 0. The van der Waals surface area contributed by atoms with Crippen molar-refractivity contribution in [2.45, 2.75) is 52.1 Å². The lowest BCUT2D eigenvalue weighted by Crippen LogP contribution is -2.20. The average Bonchev–Trinajstić information content (AvgIpc) is 2.67. The zero-order valence-electron chi connectivity index (χ0n) is 10.6. The molecule has 0 aliphatic carbocycles. The van der Waals surface area contributed by atoms with E-state index in [0.29, 0.717) is 6.42 Å². The first-order valence-electron chi connectivity index (χ1n) is 6.38. The first-order valence-corrected chi connectivity index (χ1v) is 6.38. The maximum Gasteiger partial charge on any atom is 0.166 e. The summed E-state index contributed by atoms with van der Waals surface area (Å²) in [5.74, 6) is 1.71. The van der Waals surface area contributed by atoms with Gasteiger partial charge in [-0.3, -0.25) is 4.79 Å². The lowest BCUT2D eigenvalue weighted by atomic mass is 10.0. The van der Waals surface area contributed by atoms with Crippen LogP contribution in [0, 0.1) is 13.8 Å². The minimum absolute atomic E-state index is 0.175. The lowest BCUT2D eigenvalue weighted by molar-refractivity contribution is 0.0104. The molecule has 1 aliphatic heterocycles. The molecular formula is C14H20O3. The van der Waals surface area contributed by atoms with E-state index in [4.69, 9.17) is 9.15 Å². The van der Waals surface area contributed by atoms with Gasteiger partial charge >= 0.3 is 0 Å². The predicted molar refractivity (Wildman–Crippen MR) is 65.3 cm³/mol. The Labute approximate surface area is 102 Å². The molecule has 3 nitrogen and oxygen atoms in total. The molecule has 0 radical (unpaired) electrons. The van der Waals surface area contributed by atoms with Crippen molar-refractivity contribution in [1.29, 1.82) is 0 Å². The van der Waals surface area contributed by atoms with E-state index in [1.165, 1.54) is 6.42 Å². The second kappa shape index (κ2) is 5.50. The number of ketones is 1. The van der Waals surface area contributed by atoms with Crippen molar-refractivity contribution in [2.24, 2.45) is 0 Å². The normalized spacial score (nSPS) is 20.5.